The summed E-state index contributed by atoms with van der Waals surface area (Å²) in [6.07, 6.45) is 0. The lowest BCUT2D eigenvalue weighted by atomic mass is 9.98. The highest BCUT2D eigenvalue weighted by atomic mass is 32.2. The van der Waals surface area contributed by atoms with E-state index in [4.69, 9.17) is 4.74 Å². The Kier molecular flexibility index (Phi) is 7.67. The van der Waals surface area contributed by atoms with E-state index < -0.39 is 22.5 Å². The van der Waals surface area contributed by atoms with Crippen LogP contribution < -0.4 is 14.4 Å². The van der Waals surface area contributed by atoms with Gasteiger partial charge in [0.05, 0.1) is 17.7 Å². The van der Waals surface area contributed by atoms with E-state index >= 15 is 0 Å². The third-order valence-electron chi connectivity index (χ3n) is 5.69. The maximum absolute atomic E-state index is 13.7. The molecule has 0 aliphatic carbocycles. The predicted molar refractivity (Wildman–Crippen MR) is 137 cm³/mol. The predicted octanol–water partition coefficient (Wildman–Crippen LogP) is 5.58. The Morgan fingerprint density at radius 1 is 0.971 bits per heavy atom. The van der Waals surface area contributed by atoms with Gasteiger partial charge in [-0.25, -0.2) is 8.42 Å². The molecular weight excluding hydrogens is 448 g/mol. The first-order chi connectivity index (χ1) is 16.0. The standard InChI is InChI=1S/C27H32N2O4S/c1-18(2)23-9-7-8-21(5)27(23)28-26(30)17-29(24-16-20(4)12-15-25(24)33-6)34(31,32)22-13-10-19(3)11-14-22/h7-16,18H,17H2,1-6H3,(H,28,30). The normalized spacial score (nSPS) is 11.4. The van der Waals surface area contributed by atoms with Crippen LogP contribution in [0.25, 0.3) is 0 Å². The molecule has 0 radical (unpaired) electrons. The highest BCUT2D eigenvalue weighted by molar-refractivity contribution is 7.92. The Morgan fingerprint density at radius 3 is 2.24 bits per heavy atom. The zero-order chi connectivity index (χ0) is 25.0. The van der Waals surface area contributed by atoms with Crippen molar-refractivity contribution in [3.8, 4) is 5.75 Å². The second kappa shape index (κ2) is 10.3. The van der Waals surface area contributed by atoms with E-state index in [0.29, 0.717) is 17.1 Å². The fourth-order valence-electron chi connectivity index (χ4n) is 3.78. The molecule has 0 bridgehead atoms. The molecule has 0 fully saturated rings. The van der Waals surface area contributed by atoms with Crippen molar-refractivity contribution < 1.29 is 17.9 Å². The molecule has 0 aliphatic heterocycles. The van der Waals surface area contributed by atoms with E-state index in [-0.39, 0.29) is 10.8 Å². The lowest BCUT2D eigenvalue weighted by molar-refractivity contribution is -0.114. The maximum Gasteiger partial charge on any atom is 0.264 e. The summed E-state index contributed by atoms with van der Waals surface area (Å²) in [5.41, 5.74) is 4.73. The SMILES string of the molecule is COc1ccc(C)cc1N(CC(=O)Nc1c(C)cccc1C(C)C)S(=O)(=O)c1ccc(C)cc1. The van der Waals surface area contributed by atoms with Crippen LogP contribution in [0.1, 0.15) is 42.0 Å². The molecule has 3 aromatic carbocycles. The molecule has 34 heavy (non-hydrogen) atoms. The number of hydrogen-bond donors (Lipinski definition) is 1. The third kappa shape index (κ3) is 5.42. The molecule has 7 heteroatoms. The number of ether oxygens (including phenoxy) is 1. The summed E-state index contributed by atoms with van der Waals surface area (Å²) in [5, 5.41) is 2.96. The molecule has 0 aromatic heterocycles. The molecule has 1 N–H and O–H groups in total. The van der Waals surface area contributed by atoms with Crippen molar-refractivity contribution in [2.75, 3.05) is 23.3 Å². The quantitative estimate of drug-likeness (QED) is 0.457. The first-order valence-electron chi connectivity index (χ1n) is 11.2. The van der Waals surface area contributed by atoms with Crippen LogP contribution in [0.2, 0.25) is 0 Å². The molecule has 0 atom stereocenters. The third-order valence-corrected chi connectivity index (χ3v) is 7.46. The van der Waals surface area contributed by atoms with Gasteiger partial charge in [-0.05, 0) is 67.6 Å². The number of methoxy groups -OCH3 is 1. The second-order valence-electron chi connectivity index (χ2n) is 8.74. The number of hydrogen-bond acceptors (Lipinski definition) is 4. The smallest absolute Gasteiger partial charge is 0.264 e. The van der Waals surface area contributed by atoms with Crippen LogP contribution in [0.15, 0.2) is 65.6 Å². The van der Waals surface area contributed by atoms with Gasteiger partial charge in [0.25, 0.3) is 10.0 Å². The topological polar surface area (TPSA) is 75.7 Å². The van der Waals surface area contributed by atoms with Crippen molar-refractivity contribution in [3.05, 3.63) is 82.9 Å². The molecule has 0 saturated carbocycles. The number of amides is 1. The van der Waals surface area contributed by atoms with E-state index in [1.807, 2.05) is 45.0 Å². The van der Waals surface area contributed by atoms with Gasteiger partial charge in [-0.2, -0.15) is 0 Å². The van der Waals surface area contributed by atoms with Gasteiger partial charge >= 0.3 is 0 Å². The van der Waals surface area contributed by atoms with Crippen LogP contribution >= 0.6 is 0 Å². The fraction of sp³-hybridized carbons (Fsp3) is 0.296. The number of aryl methyl sites for hydroxylation is 3. The lowest BCUT2D eigenvalue weighted by Gasteiger charge is -2.26. The van der Waals surface area contributed by atoms with Crippen molar-refractivity contribution in [3.63, 3.8) is 0 Å². The van der Waals surface area contributed by atoms with Gasteiger partial charge in [0.15, 0.2) is 0 Å². The van der Waals surface area contributed by atoms with Crippen molar-refractivity contribution in [2.45, 2.75) is 45.4 Å². The van der Waals surface area contributed by atoms with Gasteiger partial charge in [0, 0.05) is 5.69 Å². The highest BCUT2D eigenvalue weighted by Gasteiger charge is 2.30. The molecule has 0 aliphatic rings. The summed E-state index contributed by atoms with van der Waals surface area (Å²) in [5.74, 6) is 0.128. The molecular formula is C27H32N2O4S. The molecule has 0 unspecified atom stereocenters. The van der Waals surface area contributed by atoms with Crippen molar-refractivity contribution in [1.82, 2.24) is 0 Å². The number of nitrogens with zero attached hydrogens (tertiary/aromatic N) is 1. The first kappa shape index (κ1) is 25.3. The summed E-state index contributed by atoms with van der Waals surface area (Å²) in [6.45, 7) is 9.38. The van der Waals surface area contributed by atoms with Crippen LogP contribution in [0.5, 0.6) is 5.75 Å². The van der Waals surface area contributed by atoms with Crippen LogP contribution in [0.4, 0.5) is 11.4 Å². The monoisotopic (exact) mass is 480 g/mol. The van der Waals surface area contributed by atoms with Gasteiger partial charge in [-0.3, -0.25) is 9.10 Å². The molecule has 0 saturated heterocycles. The summed E-state index contributed by atoms with van der Waals surface area (Å²) >= 11 is 0. The number of benzene rings is 3. The molecule has 180 valence electrons. The van der Waals surface area contributed by atoms with E-state index in [1.165, 1.54) is 7.11 Å². The highest BCUT2D eigenvalue weighted by Crippen LogP contribution is 2.34. The number of carbonyl (C=O) groups excluding carboxylic acids is 1. The minimum Gasteiger partial charge on any atom is -0.495 e. The molecule has 0 spiro atoms. The zero-order valence-corrected chi connectivity index (χ0v) is 21.4. The average Bonchev–Trinajstić information content (AvgIpc) is 2.78. The summed E-state index contributed by atoms with van der Waals surface area (Å²) < 4.78 is 34.1. The number of nitrogens with one attached hydrogen (secondary N) is 1. The maximum atomic E-state index is 13.7. The van der Waals surface area contributed by atoms with Gasteiger partial charge in [-0.1, -0.05) is 55.8 Å². The number of rotatable bonds is 8. The molecule has 1 amide bonds. The van der Waals surface area contributed by atoms with E-state index in [9.17, 15) is 13.2 Å². The Bertz CT molecular complexity index is 1280. The van der Waals surface area contributed by atoms with E-state index in [2.05, 4.69) is 19.2 Å². The Morgan fingerprint density at radius 2 is 1.62 bits per heavy atom. The molecule has 0 heterocycles. The van der Waals surface area contributed by atoms with Gasteiger partial charge < -0.3 is 10.1 Å². The number of sulfonamides is 1. The second-order valence-corrected chi connectivity index (χ2v) is 10.6. The zero-order valence-electron chi connectivity index (χ0n) is 20.5. The van der Waals surface area contributed by atoms with Gasteiger partial charge in [0.2, 0.25) is 5.91 Å². The lowest BCUT2D eigenvalue weighted by Crippen LogP contribution is -2.38. The molecule has 3 rings (SSSR count). The first-order valence-corrected chi connectivity index (χ1v) is 12.6. The average molecular weight is 481 g/mol. The van der Waals surface area contributed by atoms with E-state index in [0.717, 1.165) is 26.6 Å². The van der Waals surface area contributed by atoms with Crippen molar-refractivity contribution in [1.29, 1.82) is 0 Å². The Balaban J connectivity index is 2.06. The van der Waals surface area contributed by atoms with Crippen molar-refractivity contribution in [2.24, 2.45) is 0 Å². The number of anilines is 2. The minimum atomic E-state index is -4.05. The van der Waals surface area contributed by atoms with E-state index in [1.54, 1.807) is 36.4 Å². The Hall–Kier alpha value is -3.32. The molecule has 3 aromatic rings. The Labute approximate surface area is 202 Å². The summed E-state index contributed by atoms with van der Waals surface area (Å²) in [4.78, 5) is 13.4. The van der Waals surface area contributed by atoms with Gasteiger partial charge in [-0.15, -0.1) is 0 Å². The van der Waals surface area contributed by atoms with Crippen LogP contribution in [0.3, 0.4) is 0 Å². The number of para-hydroxylation sites is 1. The summed E-state index contributed by atoms with van der Waals surface area (Å²) in [7, 11) is -2.57. The largest absolute Gasteiger partial charge is 0.495 e. The van der Waals surface area contributed by atoms with Crippen molar-refractivity contribution >= 4 is 27.3 Å². The summed E-state index contributed by atoms with van der Waals surface area (Å²) in [6, 6.07) is 17.7. The van der Waals surface area contributed by atoms with Crippen LogP contribution in [0, 0.1) is 20.8 Å². The van der Waals surface area contributed by atoms with Crippen LogP contribution in [-0.2, 0) is 14.8 Å². The van der Waals surface area contributed by atoms with Gasteiger partial charge in [0.1, 0.15) is 12.3 Å². The minimum absolute atomic E-state index is 0.105. The molecule has 6 nitrogen and oxygen atoms in total. The number of carbonyl (C=O) groups is 1. The van der Waals surface area contributed by atoms with Crippen LogP contribution in [-0.4, -0.2) is 28.0 Å². The fourth-order valence-corrected chi connectivity index (χ4v) is 5.21.